The first kappa shape index (κ1) is 22.1. The number of benzene rings is 1. The fourth-order valence-corrected chi connectivity index (χ4v) is 5.09. The topological polar surface area (TPSA) is 105 Å². The minimum atomic E-state index is -1.37. The molecule has 8 heteroatoms. The lowest BCUT2D eigenvalue weighted by Crippen LogP contribution is -2.59. The maximum atomic E-state index is 13.1. The molecule has 2 bridgehead atoms. The molecule has 1 saturated carbocycles. The largest absolute Gasteiger partial charge is 0.508 e. The van der Waals surface area contributed by atoms with Gasteiger partial charge in [0.15, 0.2) is 0 Å². The predicted molar refractivity (Wildman–Crippen MR) is 116 cm³/mol. The van der Waals surface area contributed by atoms with Crippen LogP contribution in [-0.2, 0) is 14.3 Å². The molecule has 2 amide bonds. The van der Waals surface area contributed by atoms with Gasteiger partial charge in [-0.15, -0.1) is 6.58 Å². The SMILES string of the molecule is C=CCNC(=O)NC1C2C(=O)CC(c3ccc(O)cc32)C1C(=O)OCC[Si](C)(C)C. The number of rotatable bonds is 7. The molecule has 3 N–H and O–H groups in total. The van der Waals surface area contributed by atoms with E-state index in [4.69, 9.17) is 4.74 Å². The number of Topliss-reactive ketones (excluding diaryl/α,β-unsaturated/α-hetero) is 1. The Bertz CT molecular complexity index is 864. The number of carbonyl (C=O) groups excluding carboxylic acids is 3. The lowest BCUT2D eigenvalue weighted by atomic mass is 9.58. The van der Waals surface area contributed by atoms with Gasteiger partial charge < -0.3 is 20.5 Å². The van der Waals surface area contributed by atoms with Crippen LogP contribution in [0, 0.1) is 5.92 Å². The van der Waals surface area contributed by atoms with Crippen molar-refractivity contribution < 1.29 is 24.2 Å². The summed E-state index contributed by atoms with van der Waals surface area (Å²) in [5, 5.41) is 15.4. The molecule has 1 aromatic rings. The highest BCUT2D eigenvalue weighted by atomic mass is 28.3. The molecule has 162 valence electrons. The van der Waals surface area contributed by atoms with Gasteiger partial charge in [-0.3, -0.25) is 9.59 Å². The highest BCUT2D eigenvalue weighted by molar-refractivity contribution is 6.76. The Hall–Kier alpha value is -2.61. The molecule has 0 aliphatic heterocycles. The van der Waals surface area contributed by atoms with Crippen molar-refractivity contribution in [1.82, 2.24) is 10.6 Å². The zero-order chi connectivity index (χ0) is 22.1. The van der Waals surface area contributed by atoms with E-state index in [1.165, 1.54) is 0 Å². The molecule has 30 heavy (non-hydrogen) atoms. The van der Waals surface area contributed by atoms with Gasteiger partial charge in [0, 0.05) is 27.0 Å². The molecule has 0 radical (unpaired) electrons. The van der Waals surface area contributed by atoms with Crippen LogP contribution in [0.3, 0.4) is 0 Å². The molecule has 3 aliphatic rings. The molecule has 0 saturated heterocycles. The van der Waals surface area contributed by atoms with Gasteiger partial charge in [0.25, 0.3) is 0 Å². The summed E-state index contributed by atoms with van der Waals surface area (Å²) in [6.45, 7) is 10.8. The second kappa shape index (κ2) is 8.63. The third-order valence-electron chi connectivity index (χ3n) is 5.83. The summed E-state index contributed by atoms with van der Waals surface area (Å²) in [5.74, 6) is -2.11. The quantitative estimate of drug-likeness (QED) is 0.350. The van der Waals surface area contributed by atoms with E-state index >= 15 is 0 Å². The maximum absolute atomic E-state index is 13.1. The Balaban J connectivity index is 1.90. The van der Waals surface area contributed by atoms with Gasteiger partial charge in [-0.1, -0.05) is 31.8 Å². The van der Waals surface area contributed by atoms with Gasteiger partial charge in [0.05, 0.1) is 24.5 Å². The van der Waals surface area contributed by atoms with Crippen molar-refractivity contribution in [3.05, 3.63) is 42.0 Å². The zero-order valence-corrected chi connectivity index (χ0v) is 18.7. The molecule has 4 unspecified atom stereocenters. The number of hydrogen-bond donors (Lipinski definition) is 3. The summed E-state index contributed by atoms with van der Waals surface area (Å²) in [5.41, 5.74) is 1.55. The first-order chi connectivity index (χ1) is 14.1. The van der Waals surface area contributed by atoms with Crippen molar-refractivity contribution in [3.63, 3.8) is 0 Å². The van der Waals surface area contributed by atoms with Crippen LogP contribution in [0.2, 0.25) is 25.7 Å². The Morgan fingerprint density at radius 2 is 2.03 bits per heavy atom. The Labute approximate surface area is 177 Å². The van der Waals surface area contributed by atoms with Gasteiger partial charge in [0.1, 0.15) is 11.5 Å². The molecule has 4 atom stereocenters. The number of urea groups is 1. The van der Waals surface area contributed by atoms with Gasteiger partial charge in [0.2, 0.25) is 0 Å². The average molecular weight is 431 g/mol. The monoisotopic (exact) mass is 430 g/mol. The standard InChI is InChI=1S/C22H30N2O5Si/c1-5-8-23-22(28)24-20-18-15-11-13(25)6-7-14(15)16(12-17(18)26)19(20)21(27)29-9-10-30(2,3)4/h5-7,11,16,18-20,25H,1,8-10,12H2,2-4H3,(H2,23,24,28). The summed E-state index contributed by atoms with van der Waals surface area (Å²) in [6.07, 6.45) is 1.77. The van der Waals surface area contributed by atoms with Crippen molar-refractivity contribution in [1.29, 1.82) is 0 Å². The number of carbonyl (C=O) groups is 3. The van der Waals surface area contributed by atoms with Crippen molar-refractivity contribution in [2.75, 3.05) is 13.2 Å². The van der Waals surface area contributed by atoms with Crippen molar-refractivity contribution in [2.45, 2.75) is 50.0 Å². The first-order valence-corrected chi connectivity index (χ1v) is 14.0. The molecule has 0 aromatic heterocycles. The van der Waals surface area contributed by atoms with Crippen molar-refractivity contribution in [2.24, 2.45) is 5.92 Å². The number of fused-ring (bicyclic) bond motifs is 2. The highest BCUT2D eigenvalue weighted by Gasteiger charge is 2.55. The fraction of sp³-hybridized carbons (Fsp3) is 0.500. The third-order valence-corrected chi connectivity index (χ3v) is 7.53. The van der Waals surface area contributed by atoms with Crippen LogP contribution in [0.1, 0.15) is 29.4 Å². The van der Waals surface area contributed by atoms with Gasteiger partial charge in [-0.05, 0) is 29.3 Å². The number of hydrogen-bond acceptors (Lipinski definition) is 5. The van der Waals surface area contributed by atoms with Crippen LogP contribution in [-0.4, -0.2) is 50.2 Å². The molecule has 1 fully saturated rings. The minimum Gasteiger partial charge on any atom is -0.508 e. The summed E-state index contributed by atoms with van der Waals surface area (Å²) in [7, 11) is -1.37. The molecule has 4 rings (SSSR count). The molecule has 1 aromatic carbocycles. The first-order valence-electron chi connectivity index (χ1n) is 10.3. The van der Waals surface area contributed by atoms with E-state index in [9.17, 15) is 19.5 Å². The van der Waals surface area contributed by atoms with Crippen LogP contribution in [0.25, 0.3) is 0 Å². The number of ketones is 1. The molecular formula is C22H30N2O5Si. The van der Waals surface area contributed by atoms with Crippen LogP contribution in [0.4, 0.5) is 4.79 Å². The molecule has 0 spiro atoms. The Kier molecular flexibility index (Phi) is 6.35. The highest BCUT2D eigenvalue weighted by Crippen LogP contribution is 2.52. The van der Waals surface area contributed by atoms with Crippen LogP contribution in [0.5, 0.6) is 5.75 Å². The van der Waals surface area contributed by atoms with Crippen molar-refractivity contribution in [3.8, 4) is 5.75 Å². The number of esters is 1. The second-order valence-electron chi connectivity index (χ2n) is 9.24. The summed E-state index contributed by atoms with van der Waals surface area (Å²) in [6, 6.07) is 4.55. The fourth-order valence-electron chi connectivity index (χ4n) is 4.37. The smallest absolute Gasteiger partial charge is 0.315 e. The average Bonchev–Trinajstić information content (AvgIpc) is 2.64. The van der Waals surface area contributed by atoms with E-state index in [1.807, 2.05) is 0 Å². The lowest BCUT2D eigenvalue weighted by Gasteiger charge is -2.47. The van der Waals surface area contributed by atoms with Crippen LogP contribution < -0.4 is 10.6 Å². The minimum absolute atomic E-state index is 0.0433. The maximum Gasteiger partial charge on any atom is 0.315 e. The summed E-state index contributed by atoms with van der Waals surface area (Å²) in [4.78, 5) is 38.3. The molecule has 0 heterocycles. The number of nitrogens with one attached hydrogen (secondary N) is 2. The number of phenolic OH excluding ortho intramolecular Hbond substituents is 1. The number of amides is 2. The summed E-state index contributed by atoms with van der Waals surface area (Å²) >= 11 is 0. The number of aromatic hydroxyl groups is 1. The molecule has 3 aliphatic carbocycles. The van der Waals surface area contributed by atoms with Gasteiger partial charge in [-0.25, -0.2) is 4.79 Å². The number of ether oxygens (including phenoxy) is 1. The molecule has 7 nitrogen and oxygen atoms in total. The van der Waals surface area contributed by atoms with Gasteiger partial charge >= 0.3 is 12.0 Å². The zero-order valence-electron chi connectivity index (χ0n) is 17.7. The van der Waals surface area contributed by atoms with Crippen LogP contribution >= 0.6 is 0 Å². The van der Waals surface area contributed by atoms with E-state index in [2.05, 4.69) is 36.9 Å². The van der Waals surface area contributed by atoms with E-state index in [0.29, 0.717) is 12.2 Å². The Morgan fingerprint density at radius 1 is 1.30 bits per heavy atom. The van der Waals surface area contributed by atoms with E-state index in [-0.39, 0.29) is 36.4 Å². The van der Waals surface area contributed by atoms with Crippen molar-refractivity contribution >= 4 is 25.9 Å². The third kappa shape index (κ3) is 4.58. The molecular weight excluding hydrogens is 400 g/mol. The van der Waals surface area contributed by atoms with E-state index in [0.717, 1.165) is 11.6 Å². The predicted octanol–water partition coefficient (Wildman–Crippen LogP) is 2.90. The number of phenols is 1. The lowest BCUT2D eigenvalue weighted by molar-refractivity contribution is -0.152. The summed E-state index contributed by atoms with van der Waals surface area (Å²) < 4.78 is 5.62. The second-order valence-corrected chi connectivity index (χ2v) is 14.9. The van der Waals surface area contributed by atoms with E-state index < -0.39 is 32.0 Å². The normalized spacial score (nSPS) is 24.7. The Morgan fingerprint density at radius 3 is 2.70 bits per heavy atom. The van der Waals surface area contributed by atoms with Crippen LogP contribution in [0.15, 0.2) is 30.9 Å². The van der Waals surface area contributed by atoms with E-state index in [1.54, 1.807) is 24.3 Å². The van der Waals surface area contributed by atoms with Gasteiger partial charge in [-0.2, -0.15) is 0 Å².